The molecule has 0 amide bonds. The maximum Gasteiger partial charge on any atom is 0.0311 e. The molecule has 1 N–H and O–H groups in total. The number of aromatic amines is 1. The largest absolute Gasteiger partial charge is 0.185 e. The quantitative estimate of drug-likeness (QED) is 0.392. The minimum absolute atomic E-state index is 0.859. The van der Waals surface area contributed by atoms with Crippen molar-refractivity contribution in [3.63, 3.8) is 0 Å². The molecule has 0 saturated heterocycles. The molecule has 1 fully saturated rings. The summed E-state index contributed by atoms with van der Waals surface area (Å²) in [7, 11) is 1.94. The summed E-state index contributed by atoms with van der Waals surface area (Å²) in [5, 5.41) is 4.36. The number of hydrogen-bond acceptors (Lipinski definition) is 2. The minimum Gasteiger partial charge on any atom is -0.185 e. The molecule has 7 heteroatoms. The van der Waals surface area contributed by atoms with Crippen LogP contribution in [-0.4, -0.2) is 22.1 Å². The molecule has 0 atom stereocenters. The maximum atomic E-state index is 4.36. The van der Waals surface area contributed by atoms with Crippen molar-refractivity contribution in [3.8, 4) is 0 Å². The number of nitrogens with one attached hydrogen (secondary N) is 1. The third-order valence-electron chi connectivity index (χ3n) is 3.34. The molecule has 21 heavy (non-hydrogen) atoms. The third kappa shape index (κ3) is 5.88. The van der Waals surface area contributed by atoms with Crippen LogP contribution in [0.25, 0.3) is 0 Å². The average Bonchev–Trinajstić information content (AvgIpc) is 2.67. The first-order chi connectivity index (χ1) is 10.1. The summed E-state index contributed by atoms with van der Waals surface area (Å²) in [4.78, 5) is 3.23. The Morgan fingerprint density at radius 2 is 2.00 bits per heavy atom. The molecule has 1 saturated carbocycles. The number of benzene rings is 1. The molecular formula is C14H18I2N4Pt. The second-order valence-electron chi connectivity index (χ2n) is 4.96. The molecule has 0 aliphatic heterocycles. The van der Waals surface area contributed by atoms with E-state index in [0.717, 1.165) is 22.1 Å². The third-order valence-corrected chi connectivity index (χ3v) is 5.93. The van der Waals surface area contributed by atoms with Gasteiger partial charge in [-0.25, -0.2) is 0 Å². The fraction of sp³-hybridized carbons (Fsp3) is 0.429. The summed E-state index contributed by atoms with van der Waals surface area (Å²) in [6.07, 6.45) is 5.11. The van der Waals surface area contributed by atoms with Crippen molar-refractivity contribution >= 4 is 45.7 Å². The van der Waals surface area contributed by atoms with E-state index >= 15 is 0 Å². The Morgan fingerprint density at radius 1 is 1.33 bits per heavy atom. The molecule has 1 heterocycles. The van der Waals surface area contributed by atoms with Crippen LogP contribution in [0.5, 0.6) is 0 Å². The number of halogens is 2. The van der Waals surface area contributed by atoms with Crippen LogP contribution >= 0.6 is 45.7 Å². The van der Waals surface area contributed by atoms with Crippen LogP contribution in [-0.2, 0) is 32.8 Å². The van der Waals surface area contributed by atoms with Crippen LogP contribution in [0.4, 0.5) is 0 Å². The SMILES string of the molecule is Cn1nc(Cc2ccccc2)[nH][c]1=[Pt].IN(I)C1CCC1. The van der Waals surface area contributed by atoms with E-state index in [1.54, 1.807) is 0 Å². The molecule has 0 bridgehead atoms. The second kappa shape index (κ2) is 8.93. The van der Waals surface area contributed by atoms with Crippen LogP contribution in [0.2, 0.25) is 0 Å². The van der Waals surface area contributed by atoms with Gasteiger partial charge >= 0.3 is 93.1 Å². The van der Waals surface area contributed by atoms with Gasteiger partial charge < -0.3 is 0 Å². The molecule has 1 aromatic carbocycles. The van der Waals surface area contributed by atoms with Crippen molar-refractivity contribution in [1.29, 1.82) is 0 Å². The summed E-state index contributed by atoms with van der Waals surface area (Å²) in [6.45, 7) is 0. The summed E-state index contributed by atoms with van der Waals surface area (Å²) in [6, 6.07) is 11.2. The Kier molecular flexibility index (Phi) is 7.58. The molecule has 4 nitrogen and oxygen atoms in total. The smallest absolute Gasteiger partial charge is 0.0311 e. The summed E-state index contributed by atoms with van der Waals surface area (Å²) < 4.78 is 5.15. The van der Waals surface area contributed by atoms with E-state index in [1.807, 2.05) is 29.9 Å². The molecule has 1 aliphatic rings. The molecule has 2 aromatic rings. The number of rotatable bonds is 3. The normalized spacial score (nSPS) is 14.6. The molecule has 3 rings (SSSR count). The first-order valence-corrected chi connectivity index (χ1v) is 9.85. The molecule has 1 aliphatic carbocycles. The number of H-pyrrole nitrogens is 1. The molecule has 1 aromatic heterocycles. The Labute approximate surface area is 164 Å². The second-order valence-corrected chi connectivity index (χ2v) is 9.96. The van der Waals surface area contributed by atoms with Crippen molar-refractivity contribution in [2.45, 2.75) is 31.7 Å². The van der Waals surface area contributed by atoms with Gasteiger partial charge in [0, 0.05) is 51.8 Å². The summed E-state index contributed by atoms with van der Waals surface area (Å²) >= 11 is 6.90. The van der Waals surface area contributed by atoms with Crippen LogP contribution < -0.4 is 0 Å². The Morgan fingerprint density at radius 3 is 2.38 bits per heavy atom. The van der Waals surface area contributed by atoms with Gasteiger partial charge in [0.05, 0.1) is 0 Å². The van der Waals surface area contributed by atoms with Crippen LogP contribution in [0.1, 0.15) is 30.7 Å². The Hall–Kier alpha value is 0.468. The number of hydrogen-bond donors (Lipinski definition) is 1. The van der Waals surface area contributed by atoms with E-state index in [2.05, 4.69) is 88.6 Å². The van der Waals surface area contributed by atoms with Crippen molar-refractivity contribution < 1.29 is 19.4 Å². The van der Waals surface area contributed by atoms with Gasteiger partial charge in [0.25, 0.3) is 0 Å². The van der Waals surface area contributed by atoms with Gasteiger partial charge in [-0.1, -0.05) is 6.42 Å². The predicted octanol–water partition coefficient (Wildman–Crippen LogP) is 3.96. The van der Waals surface area contributed by atoms with Crippen molar-refractivity contribution in [3.05, 3.63) is 45.5 Å². The van der Waals surface area contributed by atoms with Crippen LogP contribution in [0.3, 0.4) is 0 Å². The van der Waals surface area contributed by atoms with Gasteiger partial charge in [-0.2, -0.15) is 1.33 Å². The van der Waals surface area contributed by atoms with Gasteiger partial charge in [-0.3, -0.25) is 0 Å². The van der Waals surface area contributed by atoms with Crippen molar-refractivity contribution in [2.75, 3.05) is 0 Å². The Balaban J connectivity index is 0.000000194. The van der Waals surface area contributed by atoms with Gasteiger partial charge in [-0.05, 0) is 12.8 Å². The van der Waals surface area contributed by atoms with Crippen molar-refractivity contribution in [1.82, 2.24) is 16.1 Å². The standard InChI is InChI=1S/C10H11N3.C4H7I2N.Pt/c1-13-8-11-10(12-13)7-9-5-3-2-4-6-9;5-7(6)4-2-1-3-4;/h2-6H,7H2,1H3,(H,11,12);4H,1-3H2;. The van der Waals surface area contributed by atoms with E-state index in [-0.39, 0.29) is 0 Å². The first-order valence-electron chi connectivity index (χ1n) is 6.78. The summed E-state index contributed by atoms with van der Waals surface area (Å²) in [5.74, 6) is 1.00. The molecular weight excluding hydrogens is 673 g/mol. The van der Waals surface area contributed by atoms with E-state index in [4.69, 9.17) is 0 Å². The number of aryl methyl sites for hydroxylation is 1. The topological polar surface area (TPSA) is 36.9 Å². The zero-order valence-electron chi connectivity index (χ0n) is 11.7. The van der Waals surface area contributed by atoms with E-state index in [0.29, 0.717) is 0 Å². The Bertz CT molecular complexity index is 605. The molecule has 0 radical (unpaired) electrons. The maximum absolute atomic E-state index is 4.36. The van der Waals surface area contributed by atoms with Gasteiger partial charge in [0.2, 0.25) is 0 Å². The fourth-order valence-corrected chi connectivity index (χ4v) is 3.44. The van der Waals surface area contributed by atoms with Crippen LogP contribution in [0.15, 0.2) is 30.3 Å². The van der Waals surface area contributed by atoms with Gasteiger partial charge in [-0.15, -0.1) is 0 Å². The number of aromatic nitrogens is 3. The van der Waals surface area contributed by atoms with Crippen molar-refractivity contribution in [2.24, 2.45) is 7.05 Å². The fourth-order valence-electron chi connectivity index (χ4n) is 1.89. The molecule has 0 spiro atoms. The monoisotopic (exact) mass is 691 g/mol. The zero-order chi connectivity index (χ0) is 15.2. The summed E-state index contributed by atoms with van der Waals surface area (Å²) in [5.41, 5.74) is 1.28. The van der Waals surface area contributed by atoms with Gasteiger partial charge in [0.1, 0.15) is 0 Å². The molecule has 0 unspecified atom stereocenters. The average molecular weight is 691 g/mol. The first kappa shape index (κ1) is 17.8. The molecule has 118 valence electrons. The van der Waals surface area contributed by atoms with E-state index < -0.39 is 0 Å². The van der Waals surface area contributed by atoms with Gasteiger partial charge in [0.15, 0.2) is 0 Å². The zero-order valence-corrected chi connectivity index (χ0v) is 18.3. The van der Waals surface area contributed by atoms with E-state index in [9.17, 15) is 0 Å². The van der Waals surface area contributed by atoms with Crippen LogP contribution in [0, 0.1) is 3.80 Å². The van der Waals surface area contributed by atoms with E-state index in [1.165, 1.54) is 24.8 Å². The number of nitrogens with zero attached hydrogens (tertiary/aromatic N) is 3. The predicted molar refractivity (Wildman–Crippen MR) is 97.6 cm³/mol. The minimum atomic E-state index is 0.859.